The number of phenols is 1. The first kappa shape index (κ1) is 17.1. The van der Waals surface area contributed by atoms with Crippen molar-refractivity contribution in [2.45, 2.75) is 13.5 Å². The maximum atomic E-state index is 12.0. The highest BCUT2D eigenvalue weighted by molar-refractivity contribution is 7.12. The van der Waals surface area contributed by atoms with Gasteiger partial charge in [-0.25, -0.2) is 5.43 Å². The number of hydrazone groups is 1. The highest BCUT2D eigenvalue weighted by Crippen LogP contribution is 2.33. The molecule has 0 fully saturated rings. The van der Waals surface area contributed by atoms with E-state index in [1.807, 2.05) is 24.3 Å². The summed E-state index contributed by atoms with van der Waals surface area (Å²) in [7, 11) is 0. The Morgan fingerprint density at radius 2 is 2.00 bits per heavy atom. The molecular formula is C20H17N3O3S. The number of para-hydroxylation sites is 1. The van der Waals surface area contributed by atoms with Gasteiger partial charge in [-0.3, -0.25) is 4.79 Å². The van der Waals surface area contributed by atoms with Gasteiger partial charge in [0, 0.05) is 45.9 Å². The summed E-state index contributed by atoms with van der Waals surface area (Å²) in [5.74, 6) is -0.281. The lowest BCUT2D eigenvalue weighted by atomic mass is 10.1. The molecule has 2 heterocycles. The van der Waals surface area contributed by atoms with Gasteiger partial charge in [0.25, 0.3) is 5.91 Å². The smallest absolute Gasteiger partial charge is 0.281 e. The van der Waals surface area contributed by atoms with Crippen LogP contribution in [0.5, 0.6) is 11.5 Å². The van der Waals surface area contributed by atoms with Gasteiger partial charge in [-0.2, -0.15) is 5.10 Å². The second kappa shape index (κ2) is 6.77. The molecule has 4 aromatic rings. The zero-order valence-electron chi connectivity index (χ0n) is 14.5. The van der Waals surface area contributed by atoms with E-state index in [2.05, 4.69) is 28.1 Å². The van der Waals surface area contributed by atoms with Crippen molar-refractivity contribution in [2.24, 2.45) is 5.10 Å². The molecular weight excluding hydrogens is 362 g/mol. The highest BCUT2D eigenvalue weighted by Gasteiger charge is 2.12. The minimum Gasteiger partial charge on any atom is -0.507 e. The van der Waals surface area contributed by atoms with Crippen LogP contribution >= 0.6 is 11.3 Å². The van der Waals surface area contributed by atoms with Crippen LogP contribution in [0.25, 0.3) is 21.8 Å². The number of aromatic hydroxyl groups is 2. The standard InChI is InChI=1S/C20H17N3O3S/c1-2-23-16-6-4-3-5-14(16)15-7-12(18(25)9-17(15)23)10-21-22-20(26)19-8-13(24)11-27-19/h3-11,24-25H,2H2,1H3,(H,22,26)/b21-10+. The van der Waals surface area contributed by atoms with Crippen LogP contribution in [0.15, 0.2) is 52.9 Å². The Kier molecular flexibility index (Phi) is 4.29. The number of carbonyl (C=O) groups excluding carboxylic acids is 1. The number of thiophene rings is 1. The number of aryl methyl sites for hydroxylation is 1. The van der Waals surface area contributed by atoms with Gasteiger partial charge in [-0.1, -0.05) is 18.2 Å². The number of nitrogens with one attached hydrogen (secondary N) is 1. The number of fused-ring (bicyclic) bond motifs is 3. The lowest BCUT2D eigenvalue weighted by Gasteiger charge is -2.04. The Labute approximate surface area is 159 Å². The molecule has 0 saturated carbocycles. The molecule has 4 rings (SSSR count). The Morgan fingerprint density at radius 1 is 1.19 bits per heavy atom. The van der Waals surface area contributed by atoms with Crippen molar-refractivity contribution in [3.63, 3.8) is 0 Å². The zero-order valence-corrected chi connectivity index (χ0v) is 15.3. The molecule has 0 saturated heterocycles. The molecule has 1 amide bonds. The van der Waals surface area contributed by atoms with Crippen LogP contribution in [0.1, 0.15) is 22.2 Å². The average molecular weight is 379 g/mol. The van der Waals surface area contributed by atoms with Gasteiger partial charge in [0.15, 0.2) is 0 Å². The lowest BCUT2D eigenvalue weighted by Crippen LogP contribution is -2.16. The number of nitrogens with zero attached hydrogens (tertiary/aromatic N) is 2. The number of amides is 1. The van der Waals surface area contributed by atoms with Crippen molar-refractivity contribution in [3.05, 3.63) is 58.3 Å². The predicted octanol–water partition coefficient (Wildman–Crippen LogP) is 4.05. The fourth-order valence-corrected chi connectivity index (χ4v) is 3.86. The van der Waals surface area contributed by atoms with Crippen LogP contribution < -0.4 is 5.43 Å². The third-order valence-corrected chi connectivity index (χ3v) is 5.33. The van der Waals surface area contributed by atoms with E-state index in [-0.39, 0.29) is 11.5 Å². The summed E-state index contributed by atoms with van der Waals surface area (Å²) in [5.41, 5.74) is 4.97. The van der Waals surface area contributed by atoms with E-state index < -0.39 is 5.91 Å². The molecule has 2 aromatic heterocycles. The van der Waals surface area contributed by atoms with E-state index in [1.165, 1.54) is 17.7 Å². The quantitative estimate of drug-likeness (QED) is 0.369. The Morgan fingerprint density at radius 3 is 2.74 bits per heavy atom. The Balaban J connectivity index is 1.69. The summed E-state index contributed by atoms with van der Waals surface area (Å²) in [6.45, 7) is 2.86. The predicted molar refractivity (Wildman–Crippen MR) is 108 cm³/mol. The van der Waals surface area contributed by atoms with Gasteiger partial charge >= 0.3 is 0 Å². The number of phenolic OH excluding ortho intramolecular Hbond substituents is 1. The number of carbonyl (C=O) groups is 1. The second-order valence-corrected chi connectivity index (χ2v) is 6.97. The van der Waals surface area contributed by atoms with E-state index in [9.17, 15) is 15.0 Å². The summed E-state index contributed by atoms with van der Waals surface area (Å²) in [4.78, 5) is 12.3. The molecule has 6 nitrogen and oxygen atoms in total. The SMILES string of the molecule is CCn1c2ccccc2c2cc(/C=N/NC(=O)c3cc(O)cs3)c(O)cc21. The average Bonchev–Trinajstić information content (AvgIpc) is 3.23. The maximum Gasteiger partial charge on any atom is 0.281 e. The number of hydrogen-bond acceptors (Lipinski definition) is 5. The summed E-state index contributed by atoms with van der Waals surface area (Å²) < 4.78 is 2.15. The van der Waals surface area contributed by atoms with Crippen LogP contribution in [-0.4, -0.2) is 26.9 Å². The molecule has 27 heavy (non-hydrogen) atoms. The molecule has 0 aliphatic carbocycles. The Bertz CT molecular complexity index is 1190. The molecule has 0 aliphatic rings. The van der Waals surface area contributed by atoms with Crippen LogP contribution in [0.4, 0.5) is 0 Å². The molecule has 0 aliphatic heterocycles. The van der Waals surface area contributed by atoms with Gasteiger partial charge in [0.05, 0.1) is 16.6 Å². The van der Waals surface area contributed by atoms with Crippen LogP contribution in [0.2, 0.25) is 0 Å². The minimum absolute atomic E-state index is 0.0459. The number of benzene rings is 2. The normalized spacial score (nSPS) is 11.6. The van der Waals surface area contributed by atoms with Crippen molar-refractivity contribution in [3.8, 4) is 11.5 Å². The summed E-state index contributed by atoms with van der Waals surface area (Å²) in [6, 6.07) is 13.0. The molecule has 7 heteroatoms. The summed E-state index contributed by atoms with van der Waals surface area (Å²) in [5, 5.41) is 27.2. The van der Waals surface area contributed by atoms with E-state index in [0.29, 0.717) is 10.4 Å². The molecule has 0 spiro atoms. The first-order chi connectivity index (χ1) is 13.1. The van der Waals surface area contributed by atoms with Crippen LogP contribution in [0.3, 0.4) is 0 Å². The molecule has 0 atom stereocenters. The van der Waals surface area contributed by atoms with Gasteiger partial charge in [-0.15, -0.1) is 11.3 Å². The third-order valence-electron chi connectivity index (χ3n) is 4.42. The van der Waals surface area contributed by atoms with Gasteiger partial charge in [0.2, 0.25) is 0 Å². The van der Waals surface area contributed by atoms with Crippen molar-refractivity contribution in [2.75, 3.05) is 0 Å². The molecule has 0 bridgehead atoms. The van der Waals surface area contributed by atoms with Crippen LogP contribution in [-0.2, 0) is 6.54 Å². The van der Waals surface area contributed by atoms with E-state index in [0.717, 1.165) is 39.7 Å². The van der Waals surface area contributed by atoms with Gasteiger partial charge < -0.3 is 14.8 Å². The fraction of sp³-hybridized carbons (Fsp3) is 0.100. The topological polar surface area (TPSA) is 86.9 Å². The first-order valence-electron chi connectivity index (χ1n) is 8.43. The summed E-state index contributed by atoms with van der Waals surface area (Å²) >= 11 is 1.13. The van der Waals surface area contributed by atoms with E-state index >= 15 is 0 Å². The van der Waals surface area contributed by atoms with Gasteiger partial charge in [-0.05, 0) is 19.1 Å². The number of aromatic nitrogens is 1. The highest BCUT2D eigenvalue weighted by atomic mass is 32.1. The molecule has 0 radical (unpaired) electrons. The second-order valence-electron chi connectivity index (χ2n) is 6.06. The zero-order chi connectivity index (χ0) is 19.0. The lowest BCUT2D eigenvalue weighted by molar-refractivity contribution is 0.0959. The van der Waals surface area contributed by atoms with Crippen molar-refractivity contribution < 1.29 is 15.0 Å². The van der Waals surface area contributed by atoms with Crippen molar-refractivity contribution in [1.82, 2.24) is 9.99 Å². The largest absolute Gasteiger partial charge is 0.507 e. The fourth-order valence-electron chi connectivity index (χ4n) is 3.20. The van der Waals surface area contributed by atoms with Crippen LogP contribution in [0, 0.1) is 0 Å². The number of hydrogen-bond donors (Lipinski definition) is 3. The van der Waals surface area contributed by atoms with Crippen molar-refractivity contribution in [1.29, 1.82) is 0 Å². The minimum atomic E-state index is -0.417. The van der Waals surface area contributed by atoms with E-state index in [4.69, 9.17) is 0 Å². The molecule has 136 valence electrons. The number of rotatable bonds is 4. The monoisotopic (exact) mass is 379 g/mol. The van der Waals surface area contributed by atoms with E-state index in [1.54, 1.807) is 6.07 Å². The maximum absolute atomic E-state index is 12.0. The molecule has 3 N–H and O–H groups in total. The van der Waals surface area contributed by atoms with Gasteiger partial charge in [0.1, 0.15) is 11.5 Å². The van der Waals surface area contributed by atoms with Crippen molar-refractivity contribution >= 4 is 45.3 Å². The third kappa shape index (κ3) is 3.02. The summed E-state index contributed by atoms with van der Waals surface area (Å²) in [6.07, 6.45) is 1.41. The Hall–Kier alpha value is -3.32. The first-order valence-corrected chi connectivity index (χ1v) is 9.31. The molecule has 2 aromatic carbocycles. The molecule has 0 unspecified atom stereocenters.